The fraction of sp³-hybridized carbons (Fsp3) is 0.500. The summed E-state index contributed by atoms with van der Waals surface area (Å²) in [7, 11) is 0. The van der Waals surface area contributed by atoms with Gasteiger partial charge in [0, 0.05) is 45.9 Å². The molecule has 3 amide bonds. The highest BCUT2D eigenvalue weighted by molar-refractivity contribution is 5.94. The van der Waals surface area contributed by atoms with Crippen LogP contribution in [0.1, 0.15) is 26.7 Å². The van der Waals surface area contributed by atoms with Crippen molar-refractivity contribution >= 4 is 23.4 Å². The van der Waals surface area contributed by atoms with Crippen LogP contribution in [0.5, 0.6) is 5.75 Å². The lowest BCUT2D eigenvalue weighted by atomic mass is 10.2. The fourth-order valence-corrected chi connectivity index (χ4v) is 2.71. The molecule has 0 aromatic heterocycles. The molecule has 0 aliphatic carbocycles. The van der Waals surface area contributed by atoms with Crippen molar-refractivity contribution in [1.29, 1.82) is 0 Å². The summed E-state index contributed by atoms with van der Waals surface area (Å²) >= 11 is 0. The third-order valence-electron chi connectivity index (χ3n) is 4.10. The molecule has 1 heterocycles. The molecule has 0 radical (unpaired) electrons. The highest BCUT2D eigenvalue weighted by atomic mass is 16.5. The highest BCUT2D eigenvalue weighted by Gasteiger charge is 2.22. The topological polar surface area (TPSA) is 79.0 Å². The van der Waals surface area contributed by atoms with Gasteiger partial charge < -0.3 is 19.9 Å². The van der Waals surface area contributed by atoms with Gasteiger partial charge in [-0.25, -0.2) is 0 Å². The molecule has 1 N–H and O–H groups in total. The van der Waals surface area contributed by atoms with Crippen LogP contribution >= 0.6 is 0 Å². The van der Waals surface area contributed by atoms with Gasteiger partial charge in [0.05, 0.1) is 12.3 Å². The summed E-state index contributed by atoms with van der Waals surface area (Å²) in [4.78, 5) is 39.1. The number of hydrogen-bond acceptors (Lipinski definition) is 4. The number of rotatable bonds is 6. The zero-order valence-electron chi connectivity index (χ0n) is 14.8. The molecule has 1 fully saturated rings. The summed E-state index contributed by atoms with van der Waals surface area (Å²) in [6.07, 6.45) is 0.273. The maximum atomic E-state index is 12.2. The largest absolute Gasteiger partial charge is 0.492 e. The van der Waals surface area contributed by atoms with Gasteiger partial charge in [0.1, 0.15) is 5.75 Å². The van der Waals surface area contributed by atoms with Crippen LogP contribution in [-0.4, -0.2) is 60.3 Å². The molecule has 1 aromatic rings. The van der Waals surface area contributed by atoms with Crippen molar-refractivity contribution in [2.24, 2.45) is 0 Å². The summed E-state index contributed by atoms with van der Waals surface area (Å²) in [5.74, 6) is 0.365. The van der Waals surface area contributed by atoms with E-state index >= 15 is 0 Å². The summed E-state index contributed by atoms with van der Waals surface area (Å²) in [6, 6.07) is 7.22. The average molecular weight is 347 g/mol. The van der Waals surface area contributed by atoms with E-state index in [1.165, 1.54) is 6.92 Å². The quantitative estimate of drug-likeness (QED) is 0.846. The number of carbonyl (C=O) groups is 3. The second-order valence-corrected chi connectivity index (χ2v) is 5.86. The van der Waals surface area contributed by atoms with E-state index in [0.29, 0.717) is 44.2 Å². The number of benzene rings is 1. The van der Waals surface area contributed by atoms with E-state index in [2.05, 4.69) is 5.32 Å². The van der Waals surface area contributed by atoms with E-state index < -0.39 is 0 Å². The summed E-state index contributed by atoms with van der Waals surface area (Å²) < 4.78 is 5.47. The molecule has 1 aliphatic rings. The number of hydrogen-bond donors (Lipinski definition) is 1. The molecule has 0 bridgehead atoms. The molecule has 136 valence electrons. The van der Waals surface area contributed by atoms with Crippen LogP contribution in [0.25, 0.3) is 0 Å². The van der Waals surface area contributed by atoms with E-state index in [9.17, 15) is 14.4 Å². The van der Waals surface area contributed by atoms with Crippen molar-refractivity contribution in [3.63, 3.8) is 0 Å². The third-order valence-corrected chi connectivity index (χ3v) is 4.10. The molecule has 2 rings (SSSR count). The number of nitrogens with one attached hydrogen (secondary N) is 1. The maximum Gasteiger partial charge on any atom is 0.224 e. The van der Waals surface area contributed by atoms with E-state index in [0.717, 1.165) is 0 Å². The van der Waals surface area contributed by atoms with Gasteiger partial charge >= 0.3 is 0 Å². The standard InChI is InChI=1S/C18H25N3O4/c1-3-25-16-7-5-4-6-15(16)19-17(23)8-9-18(24)21-12-10-20(11-13-21)14(2)22/h4-7H,3,8-13H2,1-2H3,(H,19,23). The van der Waals surface area contributed by atoms with Gasteiger partial charge in [-0.3, -0.25) is 14.4 Å². The number of anilines is 1. The Balaban J connectivity index is 1.78. The Labute approximate surface area is 147 Å². The lowest BCUT2D eigenvalue weighted by Crippen LogP contribution is -2.50. The fourth-order valence-electron chi connectivity index (χ4n) is 2.71. The second-order valence-electron chi connectivity index (χ2n) is 5.86. The molecule has 25 heavy (non-hydrogen) atoms. The predicted octanol–water partition coefficient (Wildman–Crippen LogP) is 1.49. The Morgan fingerprint density at radius 3 is 2.32 bits per heavy atom. The molecule has 1 saturated heterocycles. The van der Waals surface area contributed by atoms with Gasteiger partial charge in [0.2, 0.25) is 17.7 Å². The van der Waals surface area contributed by atoms with Crippen molar-refractivity contribution in [2.75, 3.05) is 38.1 Å². The van der Waals surface area contributed by atoms with Gasteiger partial charge in [-0.1, -0.05) is 12.1 Å². The summed E-state index contributed by atoms with van der Waals surface area (Å²) in [6.45, 7) is 6.06. The first kappa shape index (κ1) is 18.8. The monoisotopic (exact) mass is 347 g/mol. The number of carbonyl (C=O) groups excluding carboxylic acids is 3. The minimum absolute atomic E-state index is 0.0273. The molecule has 7 nitrogen and oxygen atoms in total. The molecule has 1 aromatic carbocycles. The predicted molar refractivity (Wildman–Crippen MR) is 94.3 cm³/mol. The first-order chi connectivity index (χ1) is 12.0. The zero-order chi connectivity index (χ0) is 18.2. The molecular weight excluding hydrogens is 322 g/mol. The van der Waals surface area contributed by atoms with Gasteiger partial charge in [-0.2, -0.15) is 0 Å². The molecule has 0 saturated carbocycles. The highest BCUT2D eigenvalue weighted by Crippen LogP contribution is 2.23. The lowest BCUT2D eigenvalue weighted by molar-refractivity contribution is -0.138. The second kappa shape index (κ2) is 9.05. The van der Waals surface area contributed by atoms with Gasteiger partial charge in [0.15, 0.2) is 0 Å². The Morgan fingerprint density at radius 2 is 1.68 bits per heavy atom. The van der Waals surface area contributed by atoms with E-state index in [4.69, 9.17) is 4.74 Å². The molecular formula is C18H25N3O4. The smallest absolute Gasteiger partial charge is 0.224 e. The molecule has 7 heteroatoms. The molecule has 1 aliphatic heterocycles. The van der Waals surface area contributed by atoms with Gasteiger partial charge in [-0.15, -0.1) is 0 Å². The van der Waals surface area contributed by atoms with Crippen LogP contribution in [0.4, 0.5) is 5.69 Å². The van der Waals surface area contributed by atoms with Crippen LogP contribution in [0.3, 0.4) is 0 Å². The summed E-state index contributed by atoms with van der Waals surface area (Å²) in [5, 5.41) is 2.79. The van der Waals surface area contributed by atoms with E-state index in [1.54, 1.807) is 21.9 Å². The molecule has 0 atom stereocenters. The van der Waals surface area contributed by atoms with Gasteiger partial charge in [-0.05, 0) is 19.1 Å². The minimum atomic E-state index is -0.220. The maximum absolute atomic E-state index is 12.2. The van der Waals surface area contributed by atoms with Gasteiger partial charge in [0.25, 0.3) is 0 Å². The molecule has 0 spiro atoms. The minimum Gasteiger partial charge on any atom is -0.492 e. The Hall–Kier alpha value is -2.57. The van der Waals surface area contributed by atoms with Crippen LogP contribution in [-0.2, 0) is 14.4 Å². The van der Waals surface area contributed by atoms with Crippen molar-refractivity contribution in [3.8, 4) is 5.75 Å². The normalized spacial score (nSPS) is 14.2. The van der Waals surface area contributed by atoms with Crippen molar-refractivity contribution < 1.29 is 19.1 Å². The van der Waals surface area contributed by atoms with Crippen molar-refractivity contribution in [1.82, 2.24) is 9.80 Å². The van der Waals surface area contributed by atoms with E-state index in [-0.39, 0.29) is 30.6 Å². The third kappa shape index (κ3) is 5.48. The first-order valence-electron chi connectivity index (χ1n) is 8.56. The molecule has 0 unspecified atom stereocenters. The average Bonchev–Trinajstić information content (AvgIpc) is 2.61. The van der Waals surface area contributed by atoms with Crippen LogP contribution in [0, 0.1) is 0 Å². The SMILES string of the molecule is CCOc1ccccc1NC(=O)CCC(=O)N1CCN(C(C)=O)CC1. The number of para-hydroxylation sites is 2. The van der Waals surface area contributed by atoms with Crippen molar-refractivity contribution in [2.45, 2.75) is 26.7 Å². The Morgan fingerprint density at radius 1 is 1.04 bits per heavy atom. The lowest BCUT2D eigenvalue weighted by Gasteiger charge is -2.34. The van der Waals surface area contributed by atoms with Crippen molar-refractivity contribution in [3.05, 3.63) is 24.3 Å². The number of ether oxygens (including phenoxy) is 1. The Kier molecular flexibility index (Phi) is 6.80. The van der Waals surface area contributed by atoms with Crippen LogP contribution < -0.4 is 10.1 Å². The van der Waals surface area contributed by atoms with Crippen LogP contribution in [0.15, 0.2) is 24.3 Å². The number of amides is 3. The van der Waals surface area contributed by atoms with Crippen LogP contribution in [0.2, 0.25) is 0 Å². The Bertz CT molecular complexity index is 625. The zero-order valence-corrected chi connectivity index (χ0v) is 14.8. The van der Waals surface area contributed by atoms with E-state index in [1.807, 2.05) is 19.1 Å². The summed E-state index contributed by atoms with van der Waals surface area (Å²) in [5.41, 5.74) is 0.608. The first-order valence-corrected chi connectivity index (χ1v) is 8.56. The number of nitrogens with zero attached hydrogens (tertiary/aromatic N) is 2. The number of piperazine rings is 1.